The van der Waals surface area contributed by atoms with E-state index >= 15 is 0 Å². The monoisotopic (exact) mass is 481 g/mol. The number of guanidine groups is 1. The van der Waals surface area contributed by atoms with E-state index in [4.69, 9.17) is 0 Å². The number of fused-ring (bicyclic) bond motifs is 1. The van der Waals surface area contributed by atoms with Crippen molar-refractivity contribution in [2.45, 2.75) is 51.0 Å². The first-order valence-corrected chi connectivity index (χ1v) is 11.2. The Labute approximate surface area is 169 Å². The van der Waals surface area contributed by atoms with Gasteiger partial charge in [-0.3, -0.25) is 4.99 Å². The minimum atomic E-state index is -2.82. The molecule has 0 aromatic rings. The molecule has 5 nitrogen and oxygen atoms in total. The highest BCUT2D eigenvalue weighted by atomic mass is 127. The predicted octanol–water partition coefficient (Wildman–Crippen LogP) is 2.73. The molecule has 0 radical (unpaired) electrons. The van der Waals surface area contributed by atoms with Crippen LogP contribution in [0.15, 0.2) is 17.6 Å². The van der Waals surface area contributed by atoms with Crippen molar-refractivity contribution in [2.75, 3.05) is 24.6 Å². The fraction of sp³-hybridized carbons (Fsp3) is 0.833. The number of nitrogens with one attached hydrogen (secondary N) is 2. The zero-order valence-corrected chi connectivity index (χ0v) is 18.1. The SMILES string of the molecule is C=CCNC(=NCC1CCS(=O)(=O)C1)NC1CCC2CCCC2C1.I. The summed E-state index contributed by atoms with van der Waals surface area (Å²) in [5.41, 5.74) is 0. The van der Waals surface area contributed by atoms with Gasteiger partial charge < -0.3 is 10.6 Å². The van der Waals surface area contributed by atoms with Crippen molar-refractivity contribution in [3.8, 4) is 0 Å². The van der Waals surface area contributed by atoms with Crippen molar-refractivity contribution in [3.63, 3.8) is 0 Å². The molecule has 1 heterocycles. The summed E-state index contributed by atoms with van der Waals surface area (Å²) in [4.78, 5) is 4.67. The third-order valence-corrected chi connectivity index (χ3v) is 7.72. The van der Waals surface area contributed by atoms with Crippen LogP contribution in [0, 0.1) is 17.8 Å². The van der Waals surface area contributed by atoms with Crippen LogP contribution in [0.2, 0.25) is 0 Å². The molecule has 144 valence electrons. The summed E-state index contributed by atoms with van der Waals surface area (Å²) >= 11 is 0. The average molecular weight is 481 g/mol. The molecule has 1 aliphatic heterocycles. The molecule has 1 saturated heterocycles. The lowest BCUT2D eigenvalue weighted by Crippen LogP contribution is -2.46. The molecule has 0 amide bonds. The van der Waals surface area contributed by atoms with Crippen molar-refractivity contribution in [1.82, 2.24) is 10.6 Å². The lowest BCUT2D eigenvalue weighted by atomic mass is 9.79. The highest BCUT2D eigenvalue weighted by Crippen LogP contribution is 2.42. The molecule has 0 spiro atoms. The molecule has 0 aromatic carbocycles. The first kappa shape index (κ1) is 21.0. The Morgan fingerprint density at radius 3 is 2.68 bits per heavy atom. The van der Waals surface area contributed by atoms with E-state index in [1.54, 1.807) is 0 Å². The minimum absolute atomic E-state index is 0. The van der Waals surface area contributed by atoms with Crippen molar-refractivity contribution < 1.29 is 8.42 Å². The third kappa shape index (κ3) is 6.12. The van der Waals surface area contributed by atoms with Crippen LogP contribution in [0.3, 0.4) is 0 Å². The highest BCUT2D eigenvalue weighted by Gasteiger charge is 2.34. The number of hydrogen-bond acceptors (Lipinski definition) is 3. The standard InChI is InChI=1S/C18H31N3O2S.HI/c1-2-9-19-18(20-12-14-8-10-24(22,23)13-14)21-17-7-6-15-4-3-5-16(15)11-17;/h2,14-17H,1,3-13H2,(H2,19,20,21);1H. The fourth-order valence-corrected chi connectivity index (χ4v) is 6.43. The van der Waals surface area contributed by atoms with E-state index in [-0.39, 0.29) is 29.9 Å². The smallest absolute Gasteiger partial charge is 0.191 e. The Morgan fingerprint density at radius 1 is 1.16 bits per heavy atom. The zero-order valence-electron chi connectivity index (χ0n) is 15.0. The summed E-state index contributed by atoms with van der Waals surface area (Å²) in [5, 5.41) is 6.88. The summed E-state index contributed by atoms with van der Waals surface area (Å²) in [7, 11) is -2.82. The number of aliphatic imine (C=N–C) groups is 1. The van der Waals surface area contributed by atoms with Crippen LogP contribution < -0.4 is 10.6 Å². The third-order valence-electron chi connectivity index (χ3n) is 5.88. The van der Waals surface area contributed by atoms with E-state index in [9.17, 15) is 8.42 Å². The van der Waals surface area contributed by atoms with Gasteiger partial charge in [0.2, 0.25) is 0 Å². The molecular formula is C18H32IN3O2S. The second kappa shape index (κ2) is 9.58. The molecule has 7 heteroatoms. The molecule has 3 aliphatic rings. The van der Waals surface area contributed by atoms with Gasteiger partial charge in [0.15, 0.2) is 15.8 Å². The largest absolute Gasteiger partial charge is 0.354 e. The van der Waals surface area contributed by atoms with Gasteiger partial charge in [0.05, 0.1) is 11.5 Å². The average Bonchev–Trinajstić information content (AvgIpc) is 3.15. The van der Waals surface area contributed by atoms with Crippen LogP contribution in [0.4, 0.5) is 0 Å². The van der Waals surface area contributed by atoms with Gasteiger partial charge >= 0.3 is 0 Å². The van der Waals surface area contributed by atoms with Gasteiger partial charge in [0.1, 0.15) is 0 Å². The number of nitrogens with zero attached hydrogens (tertiary/aromatic N) is 1. The summed E-state index contributed by atoms with van der Waals surface area (Å²) in [6.45, 7) is 5.02. The van der Waals surface area contributed by atoms with Crippen LogP contribution >= 0.6 is 24.0 Å². The summed E-state index contributed by atoms with van der Waals surface area (Å²) in [6, 6.07) is 0.493. The number of halogens is 1. The second-order valence-corrected chi connectivity index (χ2v) is 9.96. The zero-order chi connectivity index (χ0) is 17.0. The van der Waals surface area contributed by atoms with Crippen LogP contribution in [-0.2, 0) is 9.84 Å². The first-order valence-electron chi connectivity index (χ1n) is 9.42. The van der Waals surface area contributed by atoms with Crippen molar-refractivity contribution in [3.05, 3.63) is 12.7 Å². The number of sulfone groups is 1. The lowest BCUT2D eigenvalue weighted by Gasteiger charge is -2.33. The van der Waals surface area contributed by atoms with E-state index in [2.05, 4.69) is 22.2 Å². The van der Waals surface area contributed by atoms with E-state index < -0.39 is 9.84 Å². The number of hydrogen-bond donors (Lipinski definition) is 2. The Morgan fingerprint density at radius 2 is 1.96 bits per heavy atom. The molecule has 0 bridgehead atoms. The van der Waals surface area contributed by atoms with Gasteiger partial charge in [-0.1, -0.05) is 25.3 Å². The summed E-state index contributed by atoms with van der Waals surface area (Å²) < 4.78 is 23.2. The minimum Gasteiger partial charge on any atom is -0.354 e. The van der Waals surface area contributed by atoms with E-state index in [0.29, 0.717) is 30.6 Å². The summed E-state index contributed by atoms with van der Waals surface area (Å²) in [5.74, 6) is 3.44. The predicted molar refractivity (Wildman–Crippen MR) is 114 cm³/mol. The summed E-state index contributed by atoms with van der Waals surface area (Å²) in [6.07, 6.45) is 10.6. The Hall–Kier alpha value is -0.310. The molecule has 25 heavy (non-hydrogen) atoms. The normalized spacial score (nSPS) is 34.0. The van der Waals surface area contributed by atoms with Gasteiger partial charge in [0.25, 0.3) is 0 Å². The lowest BCUT2D eigenvalue weighted by molar-refractivity contribution is 0.239. The van der Waals surface area contributed by atoms with Crippen LogP contribution in [0.25, 0.3) is 0 Å². The molecular weight excluding hydrogens is 449 g/mol. The second-order valence-electron chi connectivity index (χ2n) is 7.73. The van der Waals surface area contributed by atoms with Crippen molar-refractivity contribution in [1.29, 1.82) is 0 Å². The first-order chi connectivity index (χ1) is 11.6. The van der Waals surface area contributed by atoms with Gasteiger partial charge in [0, 0.05) is 19.1 Å². The van der Waals surface area contributed by atoms with Gasteiger partial charge in [-0.15, -0.1) is 30.6 Å². The van der Waals surface area contributed by atoms with Crippen LogP contribution in [0.1, 0.15) is 44.9 Å². The van der Waals surface area contributed by atoms with E-state index in [0.717, 1.165) is 24.2 Å². The molecule has 2 saturated carbocycles. The molecule has 0 aromatic heterocycles. The Bertz CT molecular complexity index is 579. The highest BCUT2D eigenvalue weighted by molar-refractivity contribution is 14.0. The maximum absolute atomic E-state index is 11.6. The Kier molecular flexibility index (Phi) is 8.04. The maximum Gasteiger partial charge on any atom is 0.191 e. The quantitative estimate of drug-likeness (QED) is 0.274. The van der Waals surface area contributed by atoms with Crippen molar-refractivity contribution >= 4 is 39.8 Å². The molecule has 3 fully saturated rings. The van der Waals surface area contributed by atoms with Gasteiger partial charge in [-0.05, 0) is 43.4 Å². The van der Waals surface area contributed by atoms with Gasteiger partial charge in [-0.2, -0.15) is 0 Å². The van der Waals surface area contributed by atoms with E-state index in [1.165, 1.54) is 38.5 Å². The molecule has 2 aliphatic carbocycles. The van der Waals surface area contributed by atoms with Crippen molar-refractivity contribution in [2.24, 2.45) is 22.7 Å². The Balaban J connectivity index is 0.00000225. The molecule has 4 unspecified atom stereocenters. The number of rotatable bonds is 5. The van der Waals surface area contributed by atoms with Gasteiger partial charge in [-0.25, -0.2) is 8.42 Å². The van der Waals surface area contributed by atoms with Crippen LogP contribution in [-0.4, -0.2) is 45.0 Å². The molecule has 2 N–H and O–H groups in total. The molecule has 4 atom stereocenters. The van der Waals surface area contributed by atoms with E-state index in [1.807, 2.05) is 6.08 Å². The molecule has 3 rings (SSSR count). The maximum atomic E-state index is 11.6. The van der Waals surface area contributed by atoms with Crippen LogP contribution in [0.5, 0.6) is 0 Å². The topological polar surface area (TPSA) is 70.6 Å². The fourth-order valence-electron chi connectivity index (χ4n) is 4.58.